The van der Waals surface area contributed by atoms with Crippen molar-refractivity contribution in [1.82, 2.24) is 15.1 Å². The van der Waals surface area contributed by atoms with Crippen molar-refractivity contribution < 1.29 is 19.5 Å². The molecule has 1 aliphatic rings. The van der Waals surface area contributed by atoms with Crippen molar-refractivity contribution >= 4 is 23.4 Å². The monoisotopic (exact) mass is 449 g/mol. The first-order valence-electron chi connectivity index (χ1n) is 11.1. The molecule has 0 radical (unpaired) electrons. The Hall–Kier alpha value is -3.45. The van der Waals surface area contributed by atoms with Crippen LogP contribution in [0.5, 0.6) is 0 Å². The third-order valence-corrected chi connectivity index (χ3v) is 5.65. The van der Waals surface area contributed by atoms with Gasteiger partial charge in [0.15, 0.2) is 0 Å². The number of nitrogens with zero attached hydrogens (tertiary/aromatic N) is 2. The highest BCUT2D eigenvalue weighted by Crippen LogP contribution is 2.29. The molecule has 0 aliphatic carbocycles. The molecule has 0 saturated carbocycles. The first-order valence-corrected chi connectivity index (χ1v) is 11.1. The van der Waals surface area contributed by atoms with Crippen LogP contribution in [0.25, 0.3) is 5.70 Å². The minimum Gasteiger partial charge on any atom is -0.394 e. The zero-order chi connectivity index (χ0) is 24.0. The average molecular weight is 450 g/mol. The molecular weight excluding hydrogens is 418 g/mol. The fourth-order valence-electron chi connectivity index (χ4n) is 4.05. The molecule has 1 aliphatic heterocycles. The smallest absolute Gasteiger partial charge is 0.250 e. The van der Waals surface area contributed by atoms with E-state index in [0.29, 0.717) is 12.1 Å². The van der Waals surface area contributed by atoms with Crippen molar-refractivity contribution in [3.8, 4) is 0 Å². The molecule has 3 amide bonds. The first-order chi connectivity index (χ1) is 15.8. The largest absolute Gasteiger partial charge is 0.394 e. The van der Waals surface area contributed by atoms with Gasteiger partial charge in [0.1, 0.15) is 12.6 Å². The number of carbonyl (C=O) groups is 3. The summed E-state index contributed by atoms with van der Waals surface area (Å²) in [6.45, 7) is 4.75. The van der Waals surface area contributed by atoms with E-state index in [1.165, 1.54) is 16.7 Å². The van der Waals surface area contributed by atoms with Crippen molar-refractivity contribution in [3.63, 3.8) is 0 Å². The normalized spacial score (nSPS) is 17.1. The first kappa shape index (κ1) is 24.2. The van der Waals surface area contributed by atoms with Gasteiger partial charge in [-0.05, 0) is 23.5 Å². The Kier molecular flexibility index (Phi) is 8.01. The Morgan fingerprint density at radius 2 is 1.64 bits per heavy atom. The summed E-state index contributed by atoms with van der Waals surface area (Å²) in [5.74, 6) is -1.05. The lowest BCUT2D eigenvalue weighted by molar-refractivity contribution is -0.144. The van der Waals surface area contributed by atoms with Crippen molar-refractivity contribution in [3.05, 3.63) is 78.0 Å². The molecule has 3 rings (SSSR count). The standard InChI is InChI=1S/C26H31N3O4/c1-18(2)25-26(33)29(23(15-28(25)19(3)31)21-12-8-5-9-13-21)16-24(32)27-22(17-30)14-20-10-6-4-7-11-20/h4-13,15,18,22,25,30H,14,16-17H2,1-3H3,(H,27,32)/t22-,25+/m0/s1. The zero-order valence-electron chi connectivity index (χ0n) is 19.3. The van der Waals surface area contributed by atoms with E-state index in [1.54, 1.807) is 6.20 Å². The summed E-state index contributed by atoms with van der Waals surface area (Å²) in [5, 5.41) is 12.6. The summed E-state index contributed by atoms with van der Waals surface area (Å²) in [4.78, 5) is 41.7. The van der Waals surface area contributed by atoms with Crippen LogP contribution >= 0.6 is 0 Å². The minimum absolute atomic E-state index is 0.135. The molecule has 2 atom stereocenters. The Labute approximate surface area is 194 Å². The average Bonchev–Trinajstić information content (AvgIpc) is 2.80. The van der Waals surface area contributed by atoms with Gasteiger partial charge < -0.3 is 15.3 Å². The predicted molar refractivity (Wildman–Crippen MR) is 126 cm³/mol. The van der Waals surface area contributed by atoms with Gasteiger partial charge in [0.05, 0.1) is 18.3 Å². The molecule has 0 unspecified atom stereocenters. The van der Waals surface area contributed by atoms with Crippen LogP contribution in [0.3, 0.4) is 0 Å². The van der Waals surface area contributed by atoms with E-state index in [2.05, 4.69) is 5.32 Å². The molecule has 2 N–H and O–H groups in total. The second-order valence-electron chi connectivity index (χ2n) is 8.56. The molecule has 0 aromatic heterocycles. The van der Waals surface area contributed by atoms with E-state index in [-0.39, 0.29) is 36.8 Å². The highest BCUT2D eigenvalue weighted by atomic mass is 16.3. The van der Waals surface area contributed by atoms with E-state index >= 15 is 0 Å². The second kappa shape index (κ2) is 10.9. The molecule has 0 bridgehead atoms. The molecule has 0 fully saturated rings. The third-order valence-electron chi connectivity index (χ3n) is 5.65. The van der Waals surface area contributed by atoms with E-state index in [9.17, 15) is 19.5 Å². The lowest BCUT2D eigenvalue weighted by Gasteiger charge is -2.40. The summed E-state index contributed by atoms with van der Waals surface area (Å²) in [6.07, 6.45) is 2.13. The highest BCUT2D eigenvalue weighted by Gasteiger charge is 2.40. The van der Waals surface area contributed by atoms with Gasteiger partial charge in [0.25, 0.3) is 5.91 Å². The quantitative estimate of drug-likeness (QED) is 0.648. The van der Waals surface area contributed by atoms with Gasteiger partial charge in [0, 0.05) is 13.1 Å². The lowest BCUT2D eigenvalue weighted by atomic mass is 9.97. The summed E-state index contributed by atoms with van der Waals surface area (Å²) < 4.78 is 0. The van der Waals surface area contributed by atoms with Crippen LogP contribution < -0.4 is 5.32 Å². The van der Waals surface area contributed by atoms with Crippen molar-refractivity contribution in [2.75, 3.05) is 13.2 Å². The molecule has 7 heteroatoms. The number of hydrogen-bond acceptors (Lipinski definition) is 4. The number of benzene rings is 2. The number of nitrogens with one attached hydrogen (secondary N) is 1. The van der Waals surface area contributed by atoms with Crippen LogP contribution in [0.2, 0.25) is 0 Å². The Morgan fingerprint density at radius 1 is 1.03 bits per heavy atom. The minimum atomic E-state index is -0.694. The van der Waals surface area contributed by atoms with Gasteiger partial charge >= 0.3 is 0 Å². The van der Waals surface area contributed by atoms with Crippen LogP contribution in [0.15, 0.2) is 66.9 Å². The molecule has 174 valence electrons. The van der Waals surface area contributed by atoms with Gasteiger partial charge in [-0.15, -0.1) is 0 Å². The summed E-state index contributed by atoms with van der Waals surface area (Å²) in [6, 6.07) is 17.6. The number of carbonyl (C=O) groups excluding carboxylic acids is 3. The number of hydrogen-bond donors (Lipinski definition) is 2. The van der Waals surface area contributed by atoms with Crippen molar-refractivity contribution in [2.45, 2.75) is 39.3 Å². The fraction of sp³-hybridized carbons (Fsp3) is 0.346. The number of rotatable bonds is 8. The van der Waals surface area contributed by atoms with E-state index in [1.807, 2.05) is 74.5 Å². The van der Waals surface area contributed by atoms with Gasteiger partial charge in [-0.1, -0.05) is 74.5 Å². The summed E-state index contributed by atoms with van der Waals surface area (Å²) in [7, 11) is 0. The third kappa shape index (κ3) is 5.87. The number of aliphatic hydroxyl groups excluding tert-OH is 1. The SMILES string of the molecule is CC(=O)N1C=C(c2ccccc2)N(CC(=O)N[C@H](CO)Cc2ccccc2)C(=O)[C@H]1C(C)C. The fourth-order valence-corrected chi connectivity index (χ4v) is 4.05. The summed E-state index contributed by atoms with van der Waals surface area (Å²) >= 11 is 0. The Morgan fingerprint density at radius 3 is 2.18 bits per heavy atom. The van der Waals surface area contributed by atoms with Crippen LogP contribution in [0, 0.1) is 5.92 Å². The van der Waals surface area contributed by atoms with Crippen molar-refractivity contribution in [2.24, 2.45) is 5.92 Å². The molecule has 2 aromatic rings. The number of amides is 3. The van der Waals surface area contributed by atoms with Gasteiger partial charge in [0.2, 0.25) is 11.8 Å². The van der Waals surface area contributed by atoms with Crippen LogP contribution in [-0.4, -0.2) is 57.9 Å². The van der Waals surface area contributed by atoms with Crippen LogP contribution in [0.4, 0.5) is 0 Å². The lowest BCUT2D eigenvalue weighted by Crippen LogP contribution is -2.56. The van der Waals surface area contributed by atoms with Gasteiger partial charge in [-0.3, -0.25) is 19.3 Å². The van der Waals surface area contributed by atoms with E-state index in [0.717, 1.165) is 11.1 Å². The zero-order valence-corrected chi connectivity index (χ0v) is 19.3. The number of aliphatic hydroxyl groups is 1. The summed E-state index contributed by atoms with van der Waals surface area (Å²) in [5.41, 5.74) is 2.22. The maximum atomic E-state index is 13.5. The van der Waals surface area contributed by atoms with Gasteiger partial charge in [-0.2, -0.15) is 0 Å². The molecule has 0 spiro atoms. The second-order valence-corrected chi connectivity index (χ2v) is 8.56. The molecular formula is C26H31N3O4. The molecule has 2 aromatic carbocycles. The van der Waals surface area contributed by atoms with Crippen LogP contribution in [0.1, 0.15) is 31.9 Å². The van der Waals surface area contributed by atoms with E-state index < -0.39 is 12.1 Å². The molecule has 7 nitrogen and oxygen atoms in total. The Bertz CT molecular complexity index is 1000. The maximum Gasteiger partial charge on any atom is 0.250 e. The Balaban J connectivity index is 1.86. The highest BCUT2D eigenvalue weighted by molar-refractivity contribution is 5.99. The molecule has 0 saturated heterocycles. The van der Waals surface area contributed by atoms with Crippen molar-refractivity contribution in [1.29, 1.82) is 0 Å². The topological polar surface area (TPSA) is 90.0 Å². The molecule has 1 heterocycles. The van der Waals surface area contributed by atoms with Crippen LogP contribution in [-0.2, 0) is 20.8 Å². The predicted octanol–water partition coefficient (Wildman–Crippen LogP) is 2.42. The van der Waals surface area contributed by atoms with Gasteiger partial charge in [-0.25, -0.2) is 0 Å². The molecule has 33 heavy (non-hydrogen) atoms. The van der Waals surface area contributed by atoms with E-state index in [4.69, 9.17) is 0 Å². The maximum absolute atomic E-state index is 13.5.